The van der Waals surface area contributed by atoms with Gasteiger partial charge in [0.15, 0.2) is 5.82 Å². The van der Waals surface area contributed by atoms with Crippen molar-refractivity contribution in [3.05, 3.63) is 87.7 Å². The van der Waals surface area contributed by atoms with E-state index in [1.165, 1.54) is 0 Å². The summed E-state index contributed by atoms with van der Waals surface area (Å²) in [5.74, 6) is 0.654. The lowest BCUT2D eigenvalue weighted by molar-refractivity contribution is 0.905. The molecule has 1 aromatic carbocycles. The van der Waals surface area contributed by atoms with Crippen LogP contribution in [0.4, 0.5) is 11.5 Å². The SMILES string of the molecule is Cc1cc2c(cn1)cc(-c1cc(Nc3cc(-c4ccc(Cl)nc4)[nH]n3)ccc1C)c(=O)n2C. The van der Waals surface area contributed by atoms with E-state index in [1.807, 2.05) is 62.5 Å². The molecule has 7 nitrogen and oxygen atoms in total. The molecule has 0 saturated heterocycles. The number of hydrogen-bond acceptors (Lipinski definition) is 5. The summed E-state index contributed by atoms with van der Waals surface area (Å²) in [7, 11) is 1.79. The largest absolute Gasteiger partial charge is 0.339 e. The van der Waals surface area contributed by atoms with E-state index in [4.69, 9.17) is 11.6 Å². The summed E-state index contributed by atoms with van der Waals surface area (Å²) in [5.41, 5.74) is 6.72. The molecule has 2 N–H and O–H groups in total. The summed E-state index contributed by atoms with van der Waals surface area (Å²) in [6.45, 7) is 3.91. The number of nitrogens with zero attached hydrogens (tertiary/aromatic N) is 4. The average Bonchev–Trinajstić information content (AvgIpc) is 3.27. The van der Waals surface area contributed by atoms with E-state index in [0.29, 0.717) is 16.5 Å². The number of hydrogen-bond donors (Lipinski definition) is 2. The second kappa shape index (κ2) is 8.18. The van der Waals surface area contributed by atoms with E-state index < -0.39 is 0 Å². The standard InChI is InChI=1S/C25H21ClN6O/c1-14-4-6-18(29-24-11-21(30-31-24)16-5-7-23(26)28-12-16)10-19(14)20-9-17-13-27-15(2)8-22(17)32(3)25(20)33/h4-13H,1-3H3,(H2,29,30,31). The quantitative estimate of drug-likeness (QED) is 0.353. The number of aromatic amines is 1. The Labute approximate surface area is 195 Å². The number of nitrogens with one attached hydrogen (secondary N) is 2. The van der Waals surface area contributed by atoms with Gasteiger partial charge in [0.2, 0.25) is 0 Å². The molecule has 0 bridgehead atoms. The Hall–Kier alpha value is -3.97. The molecule has 0 aliphatic rings. The molecule has 0 fully saturated rings. The van der Waals surface area contributed by atoms with Gasteiger partial charge in [-0.05, 0) is 61.4 Å². The highest BCUT2D eigenvalue weighted by atomic mass is 35.5. The van der Waals surface area contributed by atoms with Crippen LogP contribution in [0.5, 0.6) is 0 Å². The van der Waals surface area contributed by atoms with E-state index in [1.54, 1.807) is 23.9 Å². The van der Waals surface area contributed by atoms with Gasteiger partial charge in [-0.15, -0.1) is 0 Å². The van der Waals surface area contributed by atoms with Crippen LogP contribution in [0, 0.1) is 13.8 Å². The lowest BCUT2D eigenvalue weighted by Gasteiger charge is -2.13. The van der Waals surface area contributed by atoms with Gasteiger partial charge >= 0.3 is 0 Å². The maximum absolute atomic E-state index is 13.2. The number of rotatable bonds is 4. The van der Waals surface area contributed by atoms with Gasteiger partial charge in [0.25, 0.3) is 5.56 Å². The Morgan fingerprint density at radius 3 is 2.61 bits per heavy atom. The normalized spacial score (nSPS) is 11.2. The molecule has 0 aliphatic carbocycles. The van der Waals surface area contributed by atoms with E-state index in [2.05, 4.69) is 25.5 Å². The Morgan fingerprint density at radius 1 is 0.970 bits per heavy atom. The van der Waals surface area contributed by atoms with E-state index in [0.717, 1.165) is 44.7 Å². The molecular weight excluding hydrogens is 436 g/mol. The van der Waals surface area contributed by atoms with Crippen LogP contribution < -0.4 is 10.9 Å². The van der Waals surface area contributed by atoms with Crippen molar-refractivity contribution < 1.29 is 0 Å². The minimum absolute atomic E-state index is 0.0503. The van der Waals surface area contributed by atoms with Crippen molar-refractivity contribution in [2.75, 3.05) is 5.32 Å². The molecular formula is C25H21ClN6O. The summed E-state index contributed by atoms with van der Waals surface area (Å²) in [6, 6.07) is 15.3. The fourth-order valence-corrected chi connectivity index (χ4v) is 3.98. The number of pyridine rings is 3. The third-order valence-electron chi connectivity index (χ3n) is 5.66. The molecule has 5 aromatic rings. The highest BCUT2D eigenvalue weighted by molar-refractivity contribution is 6.29. The molecule has 0 atom stereocenters. The first-order valence-corrected chi connectivity index (χ1v) is 10.8. The van der Waals surface area contributed by atoms with Gasteiger partial charge in [-0.2, -0.15) is 5.10 Å². The second-order valence-corrected chi connectivity index (χ2v) is 8.39. The molecule has 164 valence electrons. The van der Waals surface area contributed by atoms with Gasteiger partial charge in [0.05, 0.1) is 11.2 Å². The van der Waals surface area contributed by atoms with E-state index in [9.17, 15) is 4.79 Å². The number of aryl methyl sites for hydroxylation is 3. The molecule has 33 heavy (non-hydrogen) atoms. The molecule has 4 heterocycles. The topological polar surface area (TPSA) is 88.5 Å². The maximum Gasteiger partial charge on any atom is 0.258 e. The summed E-state index contributed by atoms with van der Waals surface area (Å²) in [6.07, 6.45) is 3.50. The smallest absolute Gasteiger partial charge is 0.258 e. The van der Waals surface area contributed by atoms with Crippen molar-refractivity contribution in [2.24, 2.45) is 7.05 Å². The van der Waals surface area contributed by atoms with E-state index >= 15 is 0 Å². The first kappa shape index (κ1) is 20.9. The first-order chi connectivity index (χ1) is 15.9. The molecule has 5 rings (SSSR count). The first-order valence-electron chi connectivity index (χ1n) is 10.4. The van der Waals surface area contributed by atoms with Gasteiger partial charge in [-0.1, -0.05) is 17.7 Å². The third-order valence-corrected chi connectivity index (χ3v) is 5.88. The molecule has 0 unspecified atom stereocenters. The number of fused-ring (bicyclic) bond motifs is 1. The Balaban J connectivity index is 1.51. The van der Waals surface area contributed by atoms with Crippen LogP contribution in [0.3, 0.4) is 0 Å². The predicted molar refractivity (Wildman–Crippen MR) is 132 cm³/mol. The highest BCUT2D eigenvalue weighted by Crippen LogP contribution is 2.29. The number of anilines is 2. The van der Waals surface area contributed by atoms with Gasteiger partial charge in [-0.25, -0.2) is 4.98 Å². The van der Waals surface area contributed by atoms with Gasteiger partial charge in [0, 0.05) is 53.4 Å². The number of aromatic nitrogens is 5. The fraction of sp³-hybridized carbons (Fsp3) is 0.120. The average molecular weight is 457 g/mol. The van der Waals surface area contributed by atoms with Crippen molar-refractivity contribution in [3.63, 3.8) is 0 Å². The van der Waals surface area contributed by atoms with Crippen LogP contribution in [0.15, 0.2) is 65.7 Å². The molecule has 0 spiro atoms. The Kier molecular flexibility index (Phi) is 5.18. The lowest BCUT2D eigenvalue weighted by atomic mass is 9.99. The van der Waals surface area contributed by atoms with Crippen molar-refractivity contribution in [1.82, 2.24) is 24.7 Å². The third kappa shape index (κ3) is 3.99. The summed E-state index contributed by atoms with van der Waals surface area (Å²) >= 11 is 5.87. The van der Waals surface area contributed by atoms with Gasteiger partial charge < -0.3 is 9.88 Å². The molecule has 0 aliphatic heterocycles. The minimum atomic E-state index is -0.0503. The Bertz CT molecular complexity index is 1550. The zero-order chi connectivity index (χ0) is 23.1. The van der Waals surface area contributed by atoms with Crippen molar-refractivity contribution in [2.45, 2.75) is 13.8 Å². The molecule has 4 aromatic heterocycles. The van der Waals surface area contributed by atoms with Crippen LogP contribution >= 0.6 is 11.6 Å². The molecule has 8 heteroatoms. The Morgan fingerprint density at radius 2 is 1.82 bits per heavy atom. The summed E-state index contributed by atoms with van der Waals surface area (Å²) in [4.78, 5) is 21.7. The second-order valence-electron chi connectivity index (χ2n) is 8.00. The van der Waals surface area contributed by atoms with Crippen LogP contribution in [0.25, 0.3) is 33.3 Å². The van der Waals surface area contributed by atoms with Crippen LogP contribution in [-0.4, -0.2) is 24.7 Å². The molecule has 0 amide bonds. The van der Waals surface area contributed by atoms with Gasteiger partial charge in [0.1, 0.15) is 5.15 Å². The predicted octanol–water partition coefficient (Wildman–Crippen LogP) is 5.40. The van der Waals surface area contributed by atoms with Crippen molar-refractivity contribution in [3.8, 4) is 22.4 Å². The zero-order valence-electron chi connectivity index (χ0n) is 18.3. The minimum Gasteiger partial charge on any atom is -0.339 e. The zero-order valence-corrected chi connectivity index (χ0v) is 19.1. The monoisotopic (exact) mass is 456 g/mol. The number of halogens is 1. The van der Waals surface area contributed by atoms with Crippen LogP contribution in [0.1, 0.15) is 11.3 Å². The fourth-order valence-electron chi connectivity index (χ4n) is 3.86. The number of benzene rings is 1. The lowest BCUT2D eigenvalue weighted by Crippen LogP contribution is -2.19. The summed E-state index contributed by atoms with van der Waals surface area (Å²) in [5, 5.41) is 12.0. The van der Waals surface area contributed by atoms with Crippen molar-refractivity contribution in [1.29, 1.82) is 0 Å². The van der Waals surface area contributed by atoms with Gasteiger partial charge in [-0.3, -0.25) is 14.9 Å². The highest BCUT2D eigenvalue weighted by Gasteiger charge is 2.13. The van der Waals surface area contributed by atoms with Crippen LogP contribution in [-0.2, 0) is 7.05 Å². The molecule has 0 radical (unpaired) electrons. The van der Waals surface area contributed by atoms with E-state index in [-0.39, 0.29) is 5.56 Å². The molecule has 0 saturated carbocycles. The number of H-pyrrole nitrogens is 1. The van der Waals surface area contributed by atoms with Crippen molar-refractivity contribution >= 4 is 34.0 Å². The summed E-state index contributed by atoms with van der Waals surface area (Å²) < 4.78 is 1.68. The van der Waals surface area contributed by atoms with Crippen LogP contribution in [0.2, 0.25) is 5.15 Å². The maximum atomic E-state index is 13.2.